The summed E-state index contributed by atoms with van der Waals surface area (Å²) in [6, 6.07) is 11.1. The number of likely N-dealkylation sites (tertiary alicyclic amines) is 2. The molecule has 2 aliphatic rings. The normalized spacial score (nSPS) is 22.5. The van der Waals surface area contributed by atoms with Crippen LogP contribution in [-0.2, 0) is 0 Å². The molecule has 2 fully saturated rings. The van der Waals surface area contributed by atoms with Crippen molar-refractivity contribution in [2.75, 3.05) is 32.7 Å². The van der Waals surface area contributed by atoms with E-state index >= 15 is 0 Å². The average molecular weight is 314 g/mol. The van der Waals surface area contributed by atoms with Crippen LogP contribution in [0.3, 0.4) is 0 Å². The Morgan fingerprint density at radius 3 is 2.43 bits per heavy atom. The number of guanidine groups is 1. The summed E-state index contributed by atoms with van der Waals surface area (Å²) in [6.07, 6.45) is 5.05. The van der Waals surface area contributed by atoms with Gasteiger partial charge in [0.25, 0.3) is 0 Å². The third-order valence-corrected chi connectivity index (χ3v) is 5.30. The fourth-order valence-electron chi connectivity index (χ4n) is 3.68. The highest BCUT2D eigenvalue weighted by molar-refractivity contribution is 5.78. The molecular weight excluding hydrogens is 284 g/mol. The van der Waals surface area contributed by atoms with Crippen molar-refractivity contribution < 1.29 is 0 Å². The molecule has 1 aromatic rings. The number of rotatable bonds is 4. The highest BCUT2D eigenvalue weighted by Crippen LogP contribution is 2.25. The van der Waals surface area contributed by atoms with Gasteiger partial charge < -0.3 is 10.6 Å². The molecule has 0 spiro atoms. The Morgan fingerprint density at radius 1 is 1.13 bits per heavy atom. The van der Waals surface area contributed by atoms with Gasteiger partial charge in [0.15, 0.2) is 5.96 Å². The van der Waals surface area contributed by atoms with Crippen molar-refractivity contribution in [2.24, 2.45) is 16.6 Å². The second-order valence-corrected chi connectivity index (χ2v) is 7.04. The Kier molecular flexibility index (Phi) is 5.55. The SMILES string of the molecule is CC1CCN(C(N)=NCC(c2ccccc2)N2CCCC2)CC1. The lowest BCUT2D eigenvalue weighted by Crippen LogP contribution is -2.43. The van der Waals surface area contributed by atoms with Crippen LogP contribution in [0.4, 0.5) is 0 Å². The molecule has 0 saturated carbocycles. The van der Waals surface area contributed by atoms with Gasteiger partial charge in [0, 0.05) is 13.1 Å². The van der Waals surface area contributed by atoms with E-state index < -0.39 is 0 Å². The summed E-state index contributed by atoms with van der Waals surface area (Å²) in [5, 5.41) is 0. The Bertz CT molecular complexity index is 499. The molecule has 23 heavy (non-hydrogen) atoms. The fraction of sp³-hybridized carbons (Fsp3) is 0.632. The molecule has 0 aliphatic carbocycles. The van der Waals surface area contributed by atoms with E-state index in [1.54, 1.807) is 0 Å². The molecule has 1 aromatic carbocycles. The Labute approximate surface area is 140 Å². The van der Waals surface area contributed by atoms with Crippen LogP contribution in [0.15, 0.2) is 35.3 Å². The van der Waals surface area contributed by atoms with E-state index in [0.717, 1.165) is 31.5 Å². The van der Waals surface area contributed by atoms with E-state index in [9.17, 15) is 0 Å². The van der Waals surface area contributed by atoms with Gasteiger partial charge in [-0.25, -0.2) is 0 Å². The number of hydrogen-bond acceptors (Lipinski definition) is 2. The molecule has 0 aromatic heterocycles. The minimum absolute atomic E-state index is 0.362. The van der Waals surface area contributed by atoms with Crippen LogP contribution in [-0.4, -0.2) is 48.5 Å². The molecule has 1 atom stereocenters. The zero-order chi connectivity index (χ0) is 16.1. The van der Waals surface area contributed by atoms with E-state index in [4.69, 9.17) is 10.7 Å². The highest BCUT2D eigenvalue weighted by atomic mass is 15.3. The molecule has 2 N–H and O–H groups in total. The Balaban J connectivity index is 1.67. The van der Waals surface area contributed by atoms with Gasteiger partial charge in [0.1, 0.15) is 0 Å². The zero-order valence-corrected chi connectivity index (χ0v) is 14.3. The van der Waals surface area contributed by atoms with E-state index in [2.05, 4.69) is 47.1 Å². The molecule has 1 unspecified atom stereocenters. The maximum Gasteiger partial charge on any atom is 0.191 e. The van der Waals surface area contributed by atoms with Gasteiger partial charge in [-0.3, -0.25) is 9.89 Å². The molecule has 0 bridgehead atoms. The maximum absolute atomic E-state index is 6.28. The number of benzene rings is 1. The largest absolute Gasteiger partial charge is 0.370 e. The predicted molar refractivity (Wildman–Crippen MR) is 96.5 cm³/mol. The molecule has 4 nitrogen and oxygen atoms in total. The number of nitrogens with zero attached hydrogens (tertiary/aromatic N) is 3. The lowest BCUT2D eigenvalue weighted by Gasteiger charge is -2.32. The standard InChI is InChI=1S/C19H30N4/c1-16-9-13-23(14-10-16)19(20)21-15-18(22-11-5-6-12-22)17-7-3-2-4-8-17/h2-4,7-8,16,18H,5-6,9-15H2,1H3,(H2,20,21). The van der Waals surface area contributed by atoms with Crippen molar-refractivity contribution >= 4 is 5.96 Å². The summed E-state index contributed by atoms with van der Waals surface area (Å²) in [7, 11) is 0. The number of nitrogens with two attached hydrogens (primary N) is 1. The molecule has 4 heteroatoms. The first-order valence-corrected chi connectivity index (χ1v) is 9.08. The monoisotopic (exact) mass is 314 g/mol. The van der Waals surface area contributed by atoms with Crippen molar-refractivity contribution in [1.82, 2.24) is 9.80 Å². The first kappa shape index (κ1) is 16.3. The Morgan fingerprint density at radius 2 is 1.78 bits per heavy atom. The molecule has 0 amide bonds. The lowest BCUT2D eigenvalue weighted by molar-refractivity contribution is 0.248. The molecule has 3 rings (SSSR count). The van der Waals surface area contributed by atoms with Crippen LogP contribution in [0.5, 0.6) is 0 Å². The molecule has 126 valence electrons. The van der Waals surface area contributed by atoms with Gasteiger partial charge in [-0.1, -0.05) is 37.3 Å². The van der Waals surface area contributed by atoms with Crippen LogP contribution >= 0.6 is 0 Å². The fourth-order valence-corrected chi connectivity index (χ4v) is 3.68. The summed E-state index contributed by atoms with van der Waals surface area (Å²) < 4.78 is 0. The van der Waals surface area contributed by atoms with Crippen LogP contribution in [0.25, 0.3) is 0 Å². The predicted octanol–water partition coefficient (Wildman–Crippen LogP) is 2.87. The van der Waals surface area contributed by atoms with Crippen molar-refractivity contribution in [1.29, 1.82) is 0 Å². The lowest BCUT2D eigenvalue weighted by atomic mass is 10.00. The van der Waals surface area contributed by atoms with Gasteiger partial charge in [-0.2, -0.15) is 0 Å². The number of piperidine rings is 1. The maximum atomic E-state index is 6.28. The molecule has 2 saturated heterocycles. The van der Waals surface area contributed by atoms with E-state index in [1.165, 1.54) is 44.3 Å². The summed E-state index contributed by atoms with van der Waals surface area (Å²) in [5.74, 6) is 1.55. The second kappa shape index (κ2) is 7.82. The van der Waals surface area contributed by atoms with Crippen LogP contribution in [0.2, 0.25) is 0 Å². The topological polar surface area (TPSA) is 44.9 Å². The van der Waals surface area contributed by atoms with Gasteiger partial charge >= 0.3 is 0 Å². The molecule has 2 heterocycles. The minimum Gasteiger partial charge on any atom is -0.370 e. The number of aliphatic imine (C=N–C) groups is 1. The summed E-state index contributed by atoms with van der Waals surface area (Å²) in [5.41, 5.74) is 7.64. The smallest absolute Gasteiger partial charge is 0.191 e. The van der Waals surface area contributed by atoms with Crippen molar-refractivity contribution in [3.05, 3.63) is 35.9 Å². The highest BCUT2D eigenvalue weighted by Gasteiger charge is 2.24. The van der Waals surface area contributed by atoms with Gasteiger partial charge in [-0.05, 0) is 50.3 Å². The van der Waals surface area contributed by atoms with Crippen molar-refractivity contribution in [2.45, 2.75) is 38.6 Å². The first-order valence-electron chi connectivity index (χ1n) is 9.08. The van der Waals surface area contributed by atoms with E-state index in [1.807, 2.05) is 0 Å². The van der Waals surface area contributed by atoms with Crippen LogP contribution < -0.4 is 5.73 Å². The van der Waals surface area contributed by atoms with Crippen molar-refractivity contribution in [3.63, 3.8) is 0 Å². The third kappa shape index (κ3) is 4.25. The van der Waals surface area contributed by atoms with E-state index in [0.29, 0.717) is 6.04 Å². The Hall–Kier alpha value is -1.55. The van der Waals surface area contributed by atoms with Gasteiger partial charge in [0.05, 0.1) is 12.6 Å². The molecule has 0 radical (unpaired) electrons. The molecule has 2 aliphatic heterocycles. The van der Waals surface area contributed by atoms with Crippen LogP contribution in [0, 0.1) is 5.92 Å². The van der Waals surface area contributed by atoms with Crippen molar-refractivity contribution in [3.8, 4) is 0 Å². The second-order valence-electron chi connectivity index (χ2n) is 7.04. The van der Waals surface area contributed by atoms with Gasteiger partial charge in [0.2, 0.25) is 0 Å². The summed E-state index contributed by atoms with van der Waals surface area (Å²) in [6.45, 7) is 7.55. The van der Waals surface area contributed by atoms with E-state index in [-0.39, 0.29) is 0 Å². The average Bonchev–Trinajstić information content (AvgIpc) is 3.11. The zero-order valence-electron chi connectivity index (χ0n) is 14.3. The summed E-state index contributed by atoms with van der Waals surface area (Å²) in [4.78, 5) is 9.59. The first-order chi connectivity index (χ1) is 11.2. The van der Waals surface area contributed by atoms with Gasteiger partial charge in [-0.15, -0.1) is 0 Å². The summed E-state index contributed by atoms with van der Waals surface area (Å²) >= 11 is 0. The number of hydrogen-bond donors (Lipinski definition) is 1. The minimum atomic E-state index is 0.362. The third-order valence-electron chi connectivity index (χ3n) is 5.30. The van der Waals surface area contributed by atoms with Crippen LogP contribution in [0.1, 0.15) is 44.2 Å². The quantitative estimate of drug-likeness (QED) is 0.686. The molecular formula is C19H30N4.